The molecule has 0 bridgehead atoms. The maximum Gasteiger partial charge on any atom is 0.332 e. The smallest absolute Gasteiger partial charge is 0.308 e. The maximum atomic E-state index is 13.1. The molecule has 8 nitrogen and oxygen atoms in total. The lowest BCUT2D eigenvalue weighted by atomic mass is 10.2. The Morgan fingerprint density at radius 2 is 1.78 bits per heavy atom. The molecule has 0 aliphatic carbocycles. The minimum atomic E-state index is -0.491. The monoisotopic (exact) mass is 433 g/mol. The number of hydrogen-bond acceptors (Lipinski definition) is 4. The van der Waals surface area contributed by atoms with Crippen LogP contribution in [0.5, 0.6) is 0 Å². The van der Waals surface area contributed by atoms with Crippen LogP contribution in [0.2, 0.25) is 0 Å². The minimum absolute atomic E-state index is 0.0688. The van der Waals surface area contributed by atoms with Crippen molar-refractivity contribution in [2.75, 3.05) is 4.90 Å². The Morgan fingerprint density at radius 3 is 2.37 bits per heavy atom. The first-order valence-electron chi connectivity index (χ1n) is 8.43. The molecule has 0 N–H and O–H groups in total. The van der Waals surface area contributed by atoms with Crippen LogP contribution in [-0.4, -0.2) is 30.6 Å². The van der Waals surface area contributed by atoms with Gasteiger partial charge in [0.15, 0.2) is 15.9 Å². The van der Waals surface area contributed by atoms with Crippen molar-refractivity contribution in [2.45, 2.75) is 26.4 Å². The molecule has 2 aromatic heterocycles. The molecule has 3 rings (SSSR count). The summed E-state index contributed by atoms with van der Waals surface area (Å²) in [5, 5.41) is 0. The summed E-state index contributed by atoms with van der Waals surface area (Å²) < 4.78 is 4.12. The molecule has 2 heterocycles. The second kappa shape index (κ2) is 7.15. The van der Waals surface area contributed by atoms with Gasteiger partial charge in [0, 0.05) is 25.8 Å². The Bertz CT molecular complexity index is 1130. The van der Waals surface area contributed by atoms with E-state index in [1.807, 2.05) is 44.2 Å². The fourth-order valence-corrected chi connectivity index (χ4v) is 3.57. The fourth-order valence-electron chi connectivity index (χ4n) is 3.09. The molecule has 1 aromatic carbocycles. The van der Waals surface area contributed by atoms with Crippen LogP contribution in [0.15, 0.2) is 44.7 Å². The molecule has 0 aliphatic heterocycles. The Morgan fingerprint density at radius 1 is 1.15 bits per heavy atom. The average molecular weight is 434 g/mol. The van der Waals surface area contributed by atoms with Gasteiger partial charge in [-0.05, 0) is 41.9 Å². The third-order valence-corrected chi connectivity index (χ3v) is 5.02. The van der Waals surface area contributed by atoms with Crippen LogP contribution in [0.1, 0.15) is 13.8 Å². The molecule has 142 valence electrons. The first-order chi connectivity index (χ1) is 12.7. The standard InChI is InChI=1S/C18H20BrN5O3/c1-11(2)24(12-8-6-5-7-9-12)13(25)10-23-14-15(20-17(23)19)21(3)18(27)22(4)16(14)26/h5-9,11H,10H2,1-4H3. The second-order valence-electron chi connectivity index (χ2n) is 6.54. The molecule has 3 aromatic rings. The van der Waals surface area contributed by atoms with Gasteiger partial charge in [0.1, 0.15) is 6.54 Å². The summed E-state index contributed by atoms with van der Waals surface area (Å²) in [6.45, 7) is 3.76. The third kappa shape index (κ3) is 3.23. The van der Waals surface area contributed by atoms with Gasteiger partial charge < -0.3 is 9.47 Å². The zero-order chi connectivity index (χ0) is 19.9. The lowest BCUT2D eigenvalue weighted by Gasteiger charge is -2.27. The first-order valence-corrected chi connectivity index (χ1v) is 9.22. The molecule has 0 atom stereocenters. The fraction of sp³-hybridized carbons (Fsp3) is 0.333. The van der Waals surface area contributed by atoms with Crippen molar-refractivity contribution in [2.24, 2.45) is 14.1 Å². The molecule has 0 saturated carbocycles. The highest BCUT2D eigenvalue weighted by Gasteiger charge is 2.24. The number of halogens is 1. The molecule has 0 radical (unpaired) electrons. The zero-order valence-electron chi connectivity index (χ0n) is 15.5. The summed E-state index contributed by atoms with van der Waals surface area (Å²) in [4.78, 5) is 43.8. The van der Waals surface area contributed by atoms with E-state index in [1.54, 1.807) is 11.9 Å². The maximum absolute atomic E-state index is 13.1. The Balaban J connectivity index is 2.11. The predicted molar refractivity (Wildman–Crippen MR) is 107 cm³/mol. The molecule has 0 spiro atoms. The van der Waals surface area contributed by atoms with Gasteiger partial charge in [0.05, 0.1) is 0 Å². The molecular formula is C18H20BrN5O3. The van der Waals surface area contributed by atoms with Crippen LogP contribution in [-0.2, 0) is 25.4 Å². The van der Waals surface area contributed by atoms with E-state index in [0.29, 0.717) is 4.73 Å². The number of rotatable bonds is 4. The number of aromatic nitrogens is 4. The summed E-state index contributed by atoms with van der Waals surface area (Å²) in [5.74, 6) is -0.188. The van der Waals surface area contributed by atoms with E-state index in [9.17, 15) is 14.4 Å². The lowest BCUT2D eigenvalue weighted by molar-refractivity contribution is -0.119. The van der Waals surface area contributed by atoms with Gasteiger partial charge in [-0.25, -0.2) is 9.78 Å². The van der Waals surface area contributed by atoms with E-state index >= 15 is 0 Å². The summed E-state index contributed by atoms with van der Waals surface area (Å²) in [6.07, 6.45) is 0. The highest BCUT2D eigenvalue weighted by molar-refractivity contribution is 9.10. The largest absolute Gasteiger partial charge is 0.332 e. The number of aryl methyl sites for hydroxylation is 1. The van der Waals surface area contributed by atoms with Gasteiger partial charge in [0.2, 0.25) is 5.91 Å². The number of para-hydroxylation sites is 1. The third-order valence-electron chi connectivity index (χ3n) is 4.41. The van der Waals surface area contributed by atoms with Crippen molar-refractivity contribution < 1.29 is 4.79 Å². The van der Waals surface area contributed by atoms with Crippen molar-refractivity contribution in [1.82, 2.24) is 18.7 Å². The van der Waals surface area contributed by atoms with Crippen LogP contribution in [0, 0.1) is 0 Å². The van der Waals surface area contributed by atoms with Crippen LogP contribution < -0.4 is 16.1 Å². The van der Waals surface area contributed by atoms with E-state index in [2.05, 4.69) is 20.9 Å². The Kier molecular flexibility index (Phi) is 5.05. The first kappa shape index (κ1) is 19.1. The summed E-state index contributed by atoms with van der Waals surface area (Å²) in [6, 6.07) is 9.28. The number of imidazole rings is 1. The average Bonchev–Trinajstić information content (AvgIpc) is 2.95. The van der Waals surface area contributed by atoms with E-state index in [4.69, 9.17) is 0 Å². The number of carbonyl (C=O) groups excluding carboxylic acids is 1. The van der Waals surface area contributed by atoms with Crippen molar-refractivity contribution in [1.29, 1.82) is 0 Å². The van der Waals surface area contributed by atoms with Gasteiger partial charge in [-0.15, -0.1) is 0 Å². The van der Waals surface area contributed by atoms with Gasteiger partial charge in [-0.3, -0.25) is 18.7 Å². The molecule has 9 heteroatoms. The summed E-state index contributed by atoms with van der Waals surface area (Å²) >= 11 is 3.32. The number of nitrogens with zero attached hydrogens (tertiary/aromatic N) is 5. The topological polar surface area (TPSA) is 82.1 Å². The van der Waals surface area contributed by atoms with Crippen molar-refractivity contribution in [3.8, 4) is 0 Å². The highest BCUT2D eigenvalue weighted by Crippen LogP contribution is 2.20. The number of carbonyl (C=O) groups is 1. The summed E-state index contributed by atoms with van der Waals surface area (Å²) in [7, 11) is 2.95. The molecule has 0 unspecified atom stereocenters. The molecule has 0 aliphatic rings. The zero-order valence-corrected chi connectivity index (χ0v) is 17.1. The van der Waals surface area contributed by atoms with Crippen LogP contribution in [0.3, 0.4) is 0 Å². The quantitative estimate of drug-likeness (QED) is 0.585. The van der Waals surface area contributed by atoms with E-state index < -0.39 is 11.2 Å². The Hall–Kier alpha value is -2.68. The highest BCUT2D eigenvalue weighted by atomic mass is 79.9. The molecule has 0 saturated heterocycles. The normalized spacial score (nSPS) is 11.3. The predicted octanol–water partition coefficient (Wildman–Crippen LogP) is 1.64. The van der Waals surface area contributed by atoms with E-state index in [1.165, 1.54) is 16.2 Å². The van der Waals surface area contributed by atoms with E-state index in [-0.39, 0.29) is 29.7 Å². The number of anilines is 1. The minimum Gasteiger partial charge on any atom is -0.308 e. The van der Waals surface area contributed by atoms with Crippen molar-refractivity contribution in [3.05, 3.63) is 55.9 Å². The van der Waals surface area contributed by atoms with Crippen LogP contribution >= 0.6 is 15.9 Å². The van der Waals surface area contributed by atoms with Crippen LogP contribution in [0.25, 0.3) is 11.2 Å². The lowest BCUT2D eigenvalue weighted by Crippen LogP contribution is -2.40. The van der Waals surface area contributed by atoms with Crippen LogP contribution in [0.4, 0.5) is 5.69 Å². The molecule has 1 amide bonds. The molecular weight excluding hydrogens is 414 g/mol. The second-order valence-corrected chi connectivity index (χ2v) is 7.25. The molecule has 0 fully saturated rings. The SMILES string of the molecule is CC(C)N(C(=O)Cn1c(Br)nc2c1c(=O)n(C)c(=O)n2C)c1ccccc1. The van der Waals surface area contributed by atoms with E-state index in [0.717, 1.165) is 10.3 Å². The van der Waals surface area contributed by atoms with Crippen molar-refractivity contribution >= 4 is 38.7 Å². The number of fused-ring (bicyclic) bond motifs is 1. The van der Waals surface area contributed by atoms with Gasteiger partial charge in [-0.2, -0.15) is 0 Å². The van der Waals surface area contributed by atoms with Crippen molar-refractivity contribution in [3.63, 3.8) is 0 Å². The molecule has 27 heavy (non-hydrogen) atoms. The number of hydrogen-bond donors (Lipinski definition) is 0. The Labute approximate surface area is 163 Å². The summed E-state index contributed by atoms with van der Waals surface area (Å²) in [5.41, 5.74) is 0.257. The van der Waals surface area contributed by atoms with Gasteiger partial charge in [0.25, 0.3) is 5.56 Å². The number of benzene rings is 1. The number of amides is 1. The van der Waals surface area contributed by atoms with Gasteiger partial charge >= 0.3 is 5.69 Å². The van der Waals surface area contributed by atoms with Gasteiger partial charge in [-0.1, -0.05) is 18.2 Å².